The Kier molecular flexibility index (Phi) is 18.3. The van der Waals surface area contributed by atoms with Crippen molar-refractivity contribution in [2.45, 2.75) is 114 Å². The smallest absolute Gasteiger partial charge is 0.300 e. The predicted molar refractivity (Wildman–Crippen MR) is 288 cm³/mol. The highest BCUT2D eigenvalue weighted by Crippen LogP contribution is 2.30. The second-order valence-corrected chi connectivity index (χ2v) is 19.7. The van der Waals surface area contributed by atoms with E-state index in [-0.39, 0.29) is 60.4 Å². The van der Waals surface area contributed by atoms with Gasteiger partial charge < -0.3 is 52.4 Å². The Morgan fingerprint density at radius 3 is 2.11 bits per heavy atom. The summed E-state index contributed by atoms with van der Waals surface area (Å²) in [6.45, 7) is 3.48. The van der Waals surface area contributed by atoms with Gasteiger partial charge in [-0.05, 0) is 84.7 Å². The van der Waals surface area contributed by atoms with Crippen molar-refractivity contribution in [3.63, 3.8) is 0 Å². The SMILES string of the molecule is CCCC[C@H](NC(=O)[C@@H]1CCCN1C(=O)[C@H]1CCCN1C(=O)[C@H](Cc1ccccc1)NC(=O)[C@@H](Cc1c[nH]c2ccccc12)NC(=O)[C@H](C)NC(=O)[C@H](CNc1ccc([N+](=O)[O-])c2nonc12)NC(=O)c1ccccc1)C(N)=O. The van der Waals surface area contributed by atoms with E-state index in [9.17, 15) is 48.5 Å². The minimum Gasteiger partial charge on any atom is -0.381 e. The van der Waals surface area contributed by atoms with Crippen LogP contribution in [0.2, 0.25) is 0 Å². The summed E-state index contributed by atoms with van der Waals surface area (Å²) < 4.78 is 4.78. The first-order chi connectivity index (χ1) is 38.1. The summed E-state index contributed by atoms with van der Waals surface area (Å²) in [6.07, 6.45) is 5.10. The first-order valence-corrected chi connectivity index (χ1v) is 26.3. The number of carbonyl (C=O) groups excluding carboxylic acids is 8. The number of fused-ring (bicyclic) bond motifs is 2. The fourth-order valence-electron chi connectivity index (χ4n) is 10.1. The Bertz CT molecular complexity index is 3210. The molecule has 0 saturated carbocycles. The molecule has 2 aliphatic rings. The zero-order valence-electron chi connectivity index (χ0n) is 43.6. The molecule has 8 amide bonds. The highest BCUT2D eigenvalue weighted by Gasteiger charge is 2.44. The summed E-state index contributed by atoms with van der Waals surface area (Å²) in [7, 11) is 0. The van der Waals surface area contributed by atoms with Gasteiger partial charge in [0.15, 0.2) is 5.52 Å². The van der Waals surface area contributed by atoms with Gasteiger partial charge in [-0.3, -0.25) is 48.5 Å². The molecule has 2 aromatic heterocycles. The summed E-state index contributed by atoms with van der Waals surface area (Å²) in [4.78, 5) is 129. The standard InChI is InChI=1S/C55H63N13O11/c1-3-4-20-39(48(56)69)60-53(74)44-22-13-26-66(44)55(76)45-23-14-27-67(45)54(75)41(28-33-15-7-5-8-16-33)62-51(72)40(29-35-30-57-37-21-12-11-19-36(35)37)61-49(70)32(2)59-52(73)42(63-50(71)34-17-9-6-10-18-34)31-58-38-24-25-43(68(77)78)47-46(38)64-79-65-47/h5-12,15-19,21,24-25,30,32,39-42,44-45,57-58H,3-4,13-14,20,22-23,26-29,31H2,1-2H3,(H2,56,69)(H,59,73)(H,60,74)(H,61,70)(H,62,72)(H,63,71)/t32-,39-,40+,41-,42-,44-,45+/m0/s1. The predicted octanol–water partition coefficient (Wildman–Crippen LogP) is 2.92. The lowest BCUT2D eigenvalue weighted by Crippen LogP contribution is -2.60. The van der Waals surface area contributed by atoms with Gasteiger partial charge in [0.1, 0.15) is 42.3 Å². The molecule has 24 nitrogen and oxygen atoms in total. The number of nitrogens with zero attached hydrogens (tertiary/aromatic N) is 5. The van der Waals surface area contributed by atoms with Crippen LogP contribution in [0.4, 0.5) is 11.4 Å². The second kappa shape index (κ2) is 25.7. The molecule has 414 valence electrons. The van der Waals surface area contributed by atoms with Crippen molar-refractivity contribution in [1.29, 1.82) is 0 Å². The summed E-state index contributed by atoms with van der Waals surface area (Å²) in [5, 5.41) is 36.6. The molecule has 0 radical (unpaired) electrons. The number of hydrogen-bond donors (Lipinski definition) is 8. The van der Waals surface area contributed by atoms with Gasteiger partial charge in [0.05, 0.1) is 10.6 Å². The number of carbonyl (C=O) groups is 8. The lowest BCUT2D eigenvalue weighted by Gasteiger charge is -2.33. The summed E-state index contributed by atoms with van der Waals surface area (Å²) in [6, 6.07) is 18.9. The highest BCUT2D eigenvalue weighted by molar-refractivity contribution is 6.01. The Labute approximate surface area is 453 Å². The number of benzene rings is 4. The molecule has 8 rings (SSSR count). The van der Waals surface area contributed by atoms with Gasteiger partial charge in [-0.15, -0.1) is 0 Å². The third-order valence-corrected chi connectivity index (χ3v) is 14.3. The van der Waals surface area contributed by atoms with E-state index in [1.54, 1.807) is 66.9 Å². The van der Waals surface area contributed by atoms with Crippen LogP contribution in [-0.4, -0.2) is 139 Å². The molecule has 0 bridgehead atoms. The maximum atomic E-state index is 15.0. The van der Waals surface area contributed by atoms with E-state index in [2.05, 4.69) is 47.2 Å². The van der Waals surface area contributed by atoms with Crippen molar-refractivity contribution >= 4 is 80.6 Å². The van der Waals surface area contributed by atoms with E-state index < -0.39 is 94.5 Å². The maximum absolute atomic E-state index is 15.0. The normalized spacial score (nSPS) is 17.0. The first kappa shape index (κ1) is 56.0. The summed E-state index contributed by atoms with van der Waals surface area (Å²) in [5.74, 6) is -5.13. The van der Waals surface area contributed by atoms with Crippen molar-refractivity contribution in [3.8, 4) is 0 Å². The van der Waals surface area contributed by atoms with Crippen LogP contribution in [-0.2, 0) is 46.4 Å². The van der Waals surface area contributed by atoms with E-state index in [4.69, 9.17) is 10.4 Å². The van der Waals surface area contributed by atoms with Crippen molar-refractivity contribution in [3.05, 3.63) is 130 Å². The molecule has 79 heavy (non-hydrogen) atoms. The van der Waals surface area contributed by atoms with E-state index in [0.29, 0.717) is 49.7 Å². The lowest BCUT2D eigenvalue weighted by molar-refractivity contribution is -0.383. The van der Waals surface area contributed by atoms with Gasteiger partial charge in [0.2, 0.25) is 46.9 Å². The monoisotopic (exact) mass is 1080 g/mol. The molecule has 0 aliphatic carbocycles. The number of primary amides is 1. The van der Waals surface area contributed by atoms with Crippen molar-refractivity contribution < 1.29 is 47.9 Å². The minimum atomic E-state index is -1.37. The molecular formula is C55H63N13O11. The second-order valence-electron chi connectivity index (χ2n) is 19.7. The van der Waals surface area contributed by atoms with E-state index in [1.807, 2.05) is 31.2 Å². The number of unbranched alkanes of at least 4 members (excludes halogenated alkanes) is 1. The van der Waals surface area contributed by atoms with Crippen molar-refractivity contribution in [1.82, 2.24) is 51.7 Å². The average Bonchev–Trinajstić information content (AvgIpc) is 4.32. The largest absolute Gasteiger partial charge is 0.381 e. The first-order valence-electron chi connectivity index (χ1n) is 26.3. The number of nitrogens with two attached hydrogens (primary N) is 1. The van der Waals surface area contributed by atoms with Crippen LogP contribution in [0.5, 0.6) is 0 Å². The Balaban J connectivity index is 1.01. The topological polar surface area (TPSA) is 339 Å². The molecule has 0 unspecified atom stereocenters. The number of nitrogens with one attached hydrogen (secondary N) is 7. The number of aromatic amines is 1. The molecule has 2 saturated heterocycles. The number of para-hydroxylation sites is 1. The van der Waals surface area contributed by atoms with E-state index in [0.717, 1.165) is 17.3 Å². The van der Waals surface area contributed by atoms with Crippen LogP contribution in [0.1, 0.15) is 80.3 Å². The fraction of sp³-hybridized carbons (Fsp3) is 0.382. The third-order valence-electron chi connectivity index (χ3n) is 14.3. The number of anilines is 1. The average molecular weight is 1080 g/mol. The van der Waals surface area contributed by atoms with Crippen LogP contribution in [0.3, 0.4) is 0 Å². The molecular weight excluding hydrogens is 1020 g/mol. The number of non-ortho nitro benzene ring substituents is 1. The summed E-state index contributed by atoms with van der Waals surface area (Å²) in [5.41, 5.74) is 7.62. The van der Waals surface area contributed by atoms with Crippen molar-refractivity contribution in [2.24, 2.45) is 5.73 Å². The Morgan fingerprint density at radius 2 is 1.39 bits per heavy atom. The van der Waals surface area contributed by atoms with Crippen LogP contribution in [0.15, 0.2) is 108 Å². The molecule has 2 aliphatic heterocycles. The summed E-state index contributed by atoms with van der Waals surface area (Å²) >= 11 is 0. The lowest BCUT2D eigenvalue weighted by atomic mass is 10.0. The number of amides is 8. The molecule has 9 N–H and O–H groups in total. The number of likely N-dealkylation sites (tertiary alicyclic amines) is 2. The number of hydrogen-bond acceptors (Lipinski definition) is 14. The van der Waals surface area contributed by atoms with Gasteiger partial charge in [0.25, 0.3) is 5.91 Å². The Morgan fingerprint density at radius 1 is 0.734 bits per heavy atom. The van der Waals surface area contributed by atoms with E-state index in [1.165, 1.54) is 28.9 Å². The minimum absolute atomic E-state index is 0.00646. The molecule has 4 heterocycles. The number of aromatic nitrogens is 3. The van der Waals surface area contributed by atoms with Crippen LogP contribution in [0, 0.1) is 10.1 Å². The Hall–Kier alpha value is -9.22. The van der Waals surface area contributed by atoms with E-state index >= 15 is 0 Å². The van der Waals surface area contributed by atoms with Crippen LogP contribution >= 0.6 is 0 Å². The quantitative estimate of drug-likeness (QED) is 0.0319. The number of rotatable bonds is 24. The molecule has 4 aromatic carbocycles. The zero-order chi connectivity index (χ0) is 56.2. The third kappa shape index (κ3) is 13.5. The zero-order valence-corrected chi connectivity index (χ0v) is 43.6. The van der Waals surface area contributed by atoms with Crippen molar-refractivity contribution in [2.75, 3.05) is 25.0 Å². The maximum Gasteiger partial charge on any atom is 0.300 e. The van der Waals surface area contributed by atoms with Gasteiger partial charge >= 0.3 is 5.69 Å². The van der Waals surface area contributed by atoms with Gasteiger partial charge in [-0.1, -0.05) is 86.5 Å². The van der Waals surface area contributed by atoms with Gasteiger partial charge in [-0.2, -0.15) is 0 Å². The van der Waals surface area contributed by atoms with Crippen LogP contribution < -0.4 is 37.6 Å². The van der Waals surface area contributed by atoms with Gasteiger partial charge in [0, 0.05) is 61.2 Å². The molecule has 7 atom stereocenters. The van der Waals surface area contributed by atoms with Crippen LogP contribution in [0.25, 0.3) is 21.9 Å². The molecule has 2 fully saturated rings. The molecule has 6 aromatic rings. The highest BCUT2D eigenvalue weighted by atomic mass is 16.6. The molecule has 0 spiro atoms. The number of H-pyrrole nitrogens is 1. The fourth-order valence-corrected chi connectivity index (χ4v) is 10.1. The number of nitro groups is 1. The van der Waals surface area contributed by atoms with Gasteiger partial charge in [-0.25, -0.2) is 4.63 Å². The number of nitro benzene ring substituents is 1. The molecule has 24 heteroatoms.